The molecule has 3 aromatic rings. The van der Waals surface area contributed by atoms with E-state index in [9.17, 15) is 0 Å². The van der Waals surface area contributed by atoms with E-state index < -0.39 is 0 Å². The molecule has 1 aromatic carbocycles. The van der Waals surface area contributed by atoms with Crippen LogP contribution in [0.25, 0.3) is 11.5 Å². The van der Waals surface area contributed by atoms with Gasteiger partial charge in [0.05, 0.1) is 11.4 Å². The van der Waals surface area contributed by atoms with Crippen LogP contribution in [0.1, 0.15) is 11.4 Å². The summed E-state index contributed by atoms with van der Waals surface area (Å²) >= 11 is 0. The number of hydrogen-bond acceptors (Lipinski definition) is 7. The van der Waals surface area contributed by atoms with Crippen LogP contribution in [0.5, 0.6) is 11.8 Å². The second kappa shape index (κ2) is 5.04. The summed E-state index contributed by atoms with van der Waals surface area (Å²) in [6, 6.07) is 7.41. The highest BCUT2D eigenvalue weighted by molar-refractivity contribution is 5.53. The third kappa shape index (κ3) is 2.46. The molecular formula is C13H11N5O2. The fraction of sp³-hybridized carbons (Fsp3) is 0.154. The first-order chi connectivity index (χ1) is 9.72. The predicted molar refractivity (Wildman–Crippen MR) is 69.1 cm³/mol. The molecule has 0 aliphatic heterocycles. The minimum Gasteiger partial charge on any atom is -0.423 e. The van der Waals surface area contributed by atoms with Crippen molar-refractivity contribution in [2.45, 2.75) is 13.8 Å². The zero-order valence-corrected chi connectivity index (χ0v) is 10.9. The van der Waals surface area contributed by atoms with Crippen LogP contribution >= 0.6 is 0 Å². The van der Waals surface area contributed by atoms with E-state index in [1.165, 1.54) is 6.39 Å². The van der Waals surface area contributed by atoms with E-state index in [1.807, 2.05) is 26.0 Å². The van der Waals surface area contributed by atoms with Crippen molar-refractivity contribution < 1.29 is 9.15 Å². The standard InChI is InChI=1S/C13H11N5O2/c1-8-9(2)16-18-13(15-8)20-11-5-3-10(4-6-11)12-17-14-7-19-12/h3-7H,1-2H3. The lowest BCUT2D eigenvalue weighted by Crippen LogP contribution is -1.99. The Balaban J connectivity index is 1.79. The van der Waals surface area contributed by atoms with Crippen molar-refractivity contribution in [1.82, 2.24) is 25.4 Å². The molecule has 0 spiro atoms. The summed E-state index contributed by atoms with van der Waals surface area (Å²) in [6.45, 7) is 3.70. The highest BCUT2D eigenvalue weighted by atomic mass is 16.5. The van der Waals surface area contributed by atoms with Gasteiger partial charge in [0, 0.05) is 5.56 Å². The summed E-state index contributed by atoms with van der Waals surface area (Å²) in [4.78, 5) is 4.20. The largest absolute Gasteiger partial charge is 0.423 e. The Morgan fingerprint density at radius 2 is 1.75 bits per heavy atom. The average molecular weight is 269 g/mol. The molecule has 0 N–H and O–H groups in total. The second-order valence-electron chi connectivity index (χ2n) is 4.14. The number of nitrogens with zero attached hydrogens (tertiary/aromatic N) is 5. The number of benzene rings is 1. The van der Waals surface area contributed by atoms with Crippen LogP contribution in [0, 0.1) is 13.8 Å². The molecule has 0 bridgehead atoms. The predicted octanol–water partition coefficient (Wildman–Crippen LogP) is 2.33. The zero-order chi connectivity index (χ0) is 13.9. The van der Waals surface area contributed by atoms with Crippen molar-refractivity contribution in [3.8, 4) is 23.2 Å². The summed E-state index contributed by atoms with van der Waals surface area (Å²) in [5, 5.41) is 15.3. The van der Waals surface area contributed by atoms with Crippen LogP contribution in [0.2, 0.25) is 0 Å². The first-order valence-electron chi connectivity index (χ1n) is 5.95. The van der Waals surface area contributed by atoms with Crippen molar-refractivity contribution in [2.24, 2.45) is 0 Å². The SMILES string of the molecule is Cc1nnc(Oc2ccc(-c3nnco3)cc2)nc1C. The third-order valence-electron chi connectivity index (χ3n) is 2.74. The number of ether oxygens (including phenoxy) is 1. The lowest BCUT2D eigenvalue weighted by Gasteiger charge is -2.04. The molecule has 0 unspecified atom stereocenters. The van der Waals surface area contributed by atoms with E-state index >= 15 is 0 Å². The van der Waals surface area contributed by atoms with Crippen molar-refractivity contribution in [3.63, 3.8) is 0 Å². The van der Waals surface area contributed by atoms with Gasteiger partial charge in [0.1, 0.15) is 5.75 Å². The van der Waals surface area contributed by atoms with Crippen LogP contribution < -0.4 is 4.74 Å². The molecular weight excluding hydrogens is 258 g/mol. The maximum absolute atomic E-state index is 5.54. The maximum atomic E-state index is 5.54. The second-order valence-corrected chi connectivity index (χ2v) is 4.14. The Morgan fingerprint density at radius 3 is 2.40 bits per heavy atom. The summed E-state index contributed by atoms with van der Waals surface area (Å²) < 4.78 is 10.6. The van der Waals surface area contributed by atoms with Gasteiger partial charge in [0.15, 0.2) is 0 Å². The summed E-state index contributed by atoms with van der Waals surface area (Å²) in [6.07, 6.45) is 1.29. The Bertz CT molecular complexity index is 710. The number of rotatable bonds is 3. The Morgan fingerprint density at radius 1 is 0.950 bits per heavy atom. The molecule has 20 heavy (non-hydrogen) atoms. The normalized spacial score (nSPS) is 10.5. The summed E-state index contributed by atoms with van der Waals surface area (Å²) in [5.74, 6) is 1.07. The number of aryl methyl sites for hydroxylation is 2. The van der Waals surface area contributed by atoms with E-state index in [4.69, 9.17) is 9.15 Å². The zero-order valence-electron chi connectivity index (χ0n) is 10.9. The maximum Gasteiger partial charge on any atom is 0.341 e. The molecule has 2 heterocycles. The molecule has 0 fully saturated rings. The van der Waals surface area contributed by atoms with Crippen LogP contribution in [0.15, 0.2) is 35.1 Å². The van der Waals surface area contributed by atoms with Crippen molar-refractivity contribution in [2.75, 3.05) is 0 Å². The van der Waals surface area contributed by atoms with Crippen LogP contribution in [0.4, 0.5) is 0 Å². The van der Waals surface area contributed by atoms with Gasteiger partial charge in [-0.1, -0.05) is 5.10 Å². The fourth-order valence-corrected chi connectivity index (χ4v) is 1.55. The lowest BCUT2D eigenvalue weighted by molar-refractivity contribution is 0.430. The molecule has 3 rings (SSSR count). The van der Waals surface area contributed by atoms with E-state index in [2.05, 4.69) is 25.4 Å². The Kier molecular flexibility index (Phi) is 3.08. The first kappa shape index (κ1) is 12.2. The topological polar surface area (TPSA) is 86.8 Å². The van der Waals surface area contributed by atoms with E-state index in [0.29, 0.717) is 11.6 Å². The van der Waals surface area contributed by atoms with Crippen LogP contribution in [-0.4, -0.2) is 25.4 Å². The molecule has 0 atom stereocenters. The molecule has 0 saturated carbocycles. The van der Waals surface area contributed by atoms with Crippen LogP contribution in [0.3, 0.4) is 0 Å². The molecule has 0 aliphatic rings. The molecule has 2 aromatic heterocycles. The van der Waals surface area contributed by atoms with Gasteiger partial charge < -0.3 is 9.15 Å². The highest BCUT2D eigenvalue weighted by Crippen LogP contribution is 2.22. The number of hydrogen-bond donors (Lipinski definition) is 0. The van der Waals surface area contributed by atoms with Gasteiger partial charge in [0.25, 0.3) is 0 Å². The van der Waals surface area contributed by atoms with E-state index in [0.717, 1.165) is 17.0 Å². The summed E-state index contributed by atoms with van der Waals surface area (Å²) in [7, 11) is 0. The smallest absolute Gasteiger partial charge is 0.341 e. The molecule has 7 nitrogen and oxygen atoms in total. The molecule has 0 aliphatic carbocycles. The molecule has 0 amide bonds. The van der Waals surface area contributed by atoms with Gasteiger partial charge in [-0.2, -0.15) is 4.98 Å². The van der Waals surface area contributed by atoms with Crippen molar-refractivity contribution in [1.29, 1.82) is 0 Å². The van der Waals surface area contributed by atoms with E-state index in [1.54, 1.807) is 12.1 Å². The van der Waals surface area contributed by atoms with Crippen molar-refractivity contribution >= 4 is 0 Å². The van der Waals surface area contributed by atoms with Gasteiger partial charge in [-0.25, -0.2) is 0 Å². The molecule has 0 radical (unpaired) electrons. The van der Waals surface area contributed by atoms with Gasteiger partial charge in [-0.3, -0.25) is 0 Å². The third-order valence-corrected chi connectivity index (χ3v) is 2.74. The van der Waals surface area contributed by atoms with Gasteiger partial charge in [-0.05, 0) is 38.1 Å². The number of aromatic nitrogens is 5. The Labute approximate surface area is 114 Å². The minimum absolute atomic E-state index is 0.221. The summed E-state index contributed by atoms with van der Waals surface area (Å²) in [5.41, 5.74) is 2.38. The highest BCUT2D eigenvalue weighted by Gasteiger charge is 2.06. The quantitative estimate of drug-likeness (QED) is 0.721. The van der Waals surface area contributed by atoms with Gasteiger partial charge >= 0.3 is 6.01 Å². The fourth-order valence-electron chi connectivity index (χ4n) is 1.55. The van der Waals surface area contributed by atoms with Crippen molar-refractivity contribution in [3.05, 3.63) is 42.0 Å². The lowest BCUT2D eigenvalue weighted by atomic mass is 10.2. The monoisotopic (exact) mass is 269 g/mol. The average Bonchev–Trinajstić information content (AvgIpc) is 2.98. The molecule has 7 heteroatoms. The molecule has 0 saturated heterocycles. The van der Waals surface area contributed by atoms with E-state index in [-0.39, 0.29) is 6.01 Å². The Hall–Kier alpha value is -2.83. The van der Waals surface area contributed by atoms with Gasteiger partial charge in [-0.15, -0.1) is 15.3 Å². The van der Waals surface area contributed by atoms with Gasteiger partial charge in [0.2, 0.25) is 12.3 Å². The first-order valence-corrected chi connectivity index (χ1v) is 5.95. The molecule has 100 valence electrons. The minimum atomic E-state index is 0.221. The van der Waals surface area contributed by atoms with Crippen LogP contribution in [-0.2, 0) is 0 Å².